The molecule has 154 valence electrons. The number of hydrogen-bond acceptors (Lipinski definition) is 8. The van der Waals surface area contributed by atoms with Gasteiger partial charge >= 0.3 is 5.97 Å². The average molecular weight is 425 g/mol. The molecular weight excluding hydrogens is 406 g/mol. The molecule has 30 heavy (non-hydrogen) atoms. The second-order valence-electron chi connectivity index (χ2n) is 7.30. The lowest BCUT2D eigenvalue weighted by atomic mass is 10.0. The maximum Gasteiger partial charge on any atom is 0.329 e. The van der Waals surface area contributed by atoms with Crippen molar-refractivity contribution < 1.29 is 23.6 Å². The maximum absolute atomic E-state index is 12.9. The predicted molar refractivity (Wildman–Crippen MR) is 108 cm³/mol. The number of carbonyl (C=O) groups excluding carboxylic acids is 3. The molecule has 1 aromatic carbocycles. The van der Waals surface area contributed by atoms with Crippen LogP contribution >= 0.6 is 11.3 Å². The Hall–Kier alpha value is -3.33. The Morgan fingerprint density at radius 3 is 2.47 bits per heavy atom. The molecule has 8 nitrogen and oxygen atoms in total. The highest BCUT2D eigenvalue weighted by Gasteiger charge is 2.43. The monoisotopic (exact) mass is 425 g/mol. The van der Waals surface area contributed by atoms with Gasteiger partial charge in [0.25, 0.3) is 17.7 Å². The third-order valence-electron chi connectivity index (χ3n) is 4.69. The van der Waals surface area contributed by atoms with Gasteiger partial charge in [0.05, 0.1) is 11.1 Å². The third-order valence-corrected chi connectivity index (χ3v) is 5.37. The molecule has 0 radical (unpaired) electrons. The Bertz CT molecular complexity index is 1050. The molecule has 0 spiro atoms. The Morgan fingerprint density at radius 1 is 1.17 bits per heavy atom. The van der Waals surface area contributed by atoms with Crippen molar-refractivity contribution >= 4 is 29.1 Å². The van der Waals surface area contributed by atoms with E-state index in [1.54, 1.807) is 24.3 Å². The molecule has 2 amide bonds. The van der Waals surface area contributed by atoms with E-state index in [0.717, 1.165) is 10.5 Å². The summed E-state index contributed by atoms with van der Waals surface area (Å²) in [5.74, 6) is -1.07. The van der Waals surface area contributed by atoms with E-state index < -0.39 is 23.8 Å². The van der Waals surface area contributed by atoms with E-state index in [0.29, 0.717) is 17.0 Å². The number of rotatable bonds is 7. The van der Waals surface area contributed by atoms with Gasteiger partial charge in [-0.3, -0.25) is 14.5 Å². The van der Waals surface area contributed by atoms with Gasteiger partial charge in [-0.2, -0.15) is 16.3 Å². The summed E-state index contributed by atoms with van der Waals surface area (Å²) in [5, 5.41) is 7.64. The number of imide groups is 1. The Balaban J connectivity index is 1.50. The first kappa shape index (κ1) is 20.0. The first-order valence-corrected chi connectivity index (χ1v) is 10.4. The van der Waals surface area contributed by atoms with Gasteiger partial charge in [0, 0.05) is 10.9 Å². The molecule has 0 bridgehead atoms. The number of ether oxygens (including phenoxy) is 1. The summed E-state index contributed by atoms with van der Waals surface area (Å²) in [5.41, 5.74) is 1.40. The van der Waals surface area contributed by atoms with E-state index in [9.17, 15) is 14.4 Å². The molecule has 3 aromatic rings. The lowest BCUT2D eigenvalue weighted by Crippen LogP contribution is -2.46. The van der Waals surface area contributed by atoms with E-state index in [1.807, 2.05) is 30.7 Å². The number of aromatic nitrogens is 2. The van der Waals surface area contributed by atoms with Gasteiger partial charge in [-0.25, -0.2) is 4.79 Å². The van der Waals surface area contributed by atoms with Crippen LogP contribution in [-0.2, 0) is 16.1 Å². The zero-order chi connectivity index (χ0) is 21.3. The standard InChI is InChI=1S/C21H19N3O5S/c1-12(2)9-16(24-19(25)14-5-3-4-6-15(14)20(24)26)21(27)28-10-17-22-18(23-29-17)13-7-8-30-11-13/h3-8,11-12,16H,9-10H2,1-2H3. The zero-order valence-electron chi connectivity index (χ0n) is 16.4. The summed E-state index contributed by atoms with van der Waals surface area (Å²) in [6.45, 7) is 3.57. The van der Waals surface area contributed by atoms with Crippen molar-refractivity contribution in [2.75, 3.05) is 0 Å². The topological polar surface area (TPSA) is 103 Å². The van der Waals surface area contributed by atoms with Gasteiger partial charge < -0.3 is 9.26 Å². The van der Waals surface area contributed by atoms with E-state index in [-0.39, 0.29) is 24.8 Å². The fourth-order valence-electron chi connectivity index (χ4n) is 3.30. The molecule has 0 saturated heterocycles. The molecule has 9 heteroatoms. The number of fused-ring (bicyclic) bond motifs is 1. The van der Waals surface area contributed by atoms with Gasteiger partial charge in [-0.15, -0.1) is 0 Å². The van der Waals surface area contributed by atoms with Gasteiger partial charge in [-0.1, -0.05) is 31.1 Å². The van der Waals surface area contributed by atoms with Crippen molar-refractivity contribution in [2.45, 2.75) is 32.9 Å². The van der Waals surface area contributed by atoms with Crippen molar-refractivity contribution in [3.05, 3.63) is 58.1 Å². The minimum Gasteiger partial charge on any atom is -0.454 e. The Labute approximate surface area is 176 Å². The van der Waals surface area contributed by atoms with E-state index in [4.69, 9.17) is 9.26 Å². The summed E-state index contributed by atoms with van der Waals surface area (Å²) in [4.78, 5) is 43.7. The van der Waals surface area contributed by atoms with Crippen LogP contribution in [0.25, 0.3) is 11.4 Å². The molecular formula is C21H19N3O5S. The van der Waals surface area contributed by atoms with Crippen LogP contribution in [0, 0.1) is 5.92 Å². The molecule has 2 aromatic heterocycles. The summed E-state index contributed by atoms with van der Waals surface area (Å²) < 4.78 is 10.5. The van der Waals surface area contributed by atoms with Crippen molar-refractivity contribution in [3.8, 4) is 11.4 Å². The smallest absolute Gasteiger partial charge is 0.329 e. The zero-order valence-corrected chi connectivity index (χ0v) is 17.2. The highest BCUT2D eigenvalue weighted by Crippen LogP contribution is 2.27. The quantitative estimate of drug-likeness (QED) is 0.421. The second kappa shape index (κ2) is 8.19. The lowest BCUT2D eigenvalue weighted by Gasteiger charge is -2.25. The highest BCUT2D eigenvalue weighted by atomic mass is 32.1. The number of esters is 1. The first-order valence-electron chi connectivity index (χ1n) is 9.44. The molecule has 4 rings (SSSR count). The van der Waals surface area contributed by atoms with Crippen molar-refractivity contribution in [3.63, 3.8) is 0 Å². The molecule has 0 saturated carbocycles. The molecule has 1 aliphatic heterocycles. The Kier molecular flexibility index (Phi) is 5.45. The highest BCUT2D eigenvalue weighted by molar-refractivity contribution is 7.08. The van der Waals surface area contributed by atoms with Crippen molar-refractivity contribution in [1.82, 2.24) is 15.0 Å². The molecule has 0 aliphatic carbocycles. The summed E-state index contributed by atoms with van der Waals surface area (Å²) >= 11 is 1.50. The predicted octanol–water partition coefficient (Wildman–Crippen LogP) is 3.55. The third kappa shape index (κ3) is 3.76. The summed E-state index contributed by atoms with van der Waals surface area (Å²) in [6.07, 6.45) is 0.286. The number of benzene rings is 1. The largest absolute Gasteiger partial charge is 0.454 e. The number of hydrogen-bond donors (Lipinski definition) is 0. The number of carbonyl (C=O) groups is 3. The van der Waals surface area contributed by atoms with Gasteiger partial charge in [0.15, 0.2) is 6.61 Å². The molecule has 0 N–H and O–H groups in total. The molecule has 1 atom stereocenters. The Morgan fingerprint density at radius 2 is 1.87 bits per heavy atom. The van der Waals surface area contributed by atoms with Crippen LogP contribution in [-0.4, -0.2) is 38.9 Å². The van der Waals surface area contributed by atoms with E-state index >= 15 is 0 Å². The van der Waals surface area contributed by atoms with Crippen LogP contribution in [0.1, 0.15) is 46.9 Å². The molecule has 1 aliphatic rings. The van der Waals surface area contributed by atoms with Crippen LogP contribution in [0.4, 0.5) is 0 Å². The minimum atomic E-state index is -1.03. The molecule has 0 fully saturated rings. The minimum absolute atomic E-state index is 0.0560. The van der Waals surface area contributed by atoms with E-state index in [1.165, 1.54) is 11.3 Å². The van der Waals surface area contributed by atoms with Crippen LogP contribution in [0.5, 0.6) is 0 Å². The number of thiophene rings is 1. The van der Waals surface area contributed by atoms with Crippen LogP contribution in [0.2, 0.25) is 0 Å². The van der Waals surface area contributed by atoms with Crippen LogP contribution < -0.4 is 0 Å². The van der Waals surface area contributed by atoms with Gasteiger partial charge in [-0.05, 0) is 35.9 Å². The maximum atomic E-state index is 12.9. The van der Waals surface area contributed by atoms with Gasteiger partial charge in [0.1, 0.15) is 6.04 Å². The molecule has 1 unspecified atom stereocenters. The molecule has 3 heterocycles. The van der Waals surface area contributed by atoms with Crippen molar-refractivity contribution in [1.29, 1.82) is 0 Å². The summed E-state index contributed by atoms with van der Waals surface area (Å²) in [7, 11) is 0. The van der Waals surface area contributed by atoms with E-state index in [2.05, 4.69) is 10.1 Å². The first-order chi connectivity index (χ1) is 14.5. The second-order valence-corrected chi connectivity index (χ2v) is 8.08. The number of nitrogens with zero attached hydrogens (tertiary/aromatic N) is 3. The fourth-order valence-corrected chi connectivity index (χ4v) is 3.93. The summed E-state index contributed by atoms with van der Waals surface area (Å²) in [6, 6.07) is 7.35. The van der Waals surface area contributed by atoms with Crippen LogP contribution in [0.15, 0.2) is 45.6 Å². The fraction of sp³-hybridized carbons (Fsp3) is 0.286. The van der Waals surface area contributed by atoms with Crippen LogP contribution in [0.3, 0.4) is 0 Å². The van der Waals surface area contributed by atoms with Crippen molar-refractivity contribution in [2.24, 2.45) is 5.92 Å². The lowest BCUT2D eigenvalue weighted by molar-refractivity contribution is -0.151. The number of amides is 2. The average Bonchev–Trinajstić information content (AvgIpc) is 3.46. The normalized spacial score (nSPS) is 14.3. The SMILES string of the molecule is CC(C)CC(C(=O)OCc1nc(-c2ccsc2)no1)N1C(=O)c2ccccc2C1=O. The van der Waals surface area contributed by atoms with Gasteiger partial charge in [0.2, 0.25) is 5.82 Å².